The van der Waals surface area contributed by atoms with Crippen LogP contribution in [0.3, 0.4) is 0 Å². The Kier molecular flexibility index (Phi) is 3.00. The molecule has 0 radical (unpaired) electrons. The fourth-order valence-electron chi connectivity index (χ4n) is 2.62. The van der Waals surface area contributed by atoms with Crippen molar-refractivity contribution < 1.29 is 10.2 Å². The van der Waals surface area contributed by atoms with E-state index in [4.69, 9.17) is 0 Å². The molecule has 0 bridgehead atoms. The van der Waals surface area contributed by atoms with Crippen LogP contribution in [0.25, 0.3) is 5.57 Å². The van der Waals surface area contributed by atoms with E-state index in [2.05, 4.69) is 20.4 Å². The lowest BCUT2D eigenvalue weighted by Crippen LogP contribution is -2.24. The predicted molar refractivity (Wildman–Crippen MR) is 70.1 cm³/mol. The molecule has 0 aromatic heterocycles. The minimum Gasteiger partial charge on any atom is -0.508 e. The van der Waals surface area contributed by atoms with Crippen molar-refractivity contribution in [3.63, 3.8) is 0 Å². The zero-order valence-corrected chi connectivity index (χ0v) is 10.7. The molecule has 0 aliphatic heterocycles. The van der Waals surface area contributed by atoms with Gasteiger partial charge in [-0.25, -0.2) is 0 Å². The van der Waals surface area contributed by atoms with Crippen LogP contribution in [0.2, 0.25) is 0 Å². The summed E-state index contributed by atoms with van der Waals surface area (Å²) >= 11 is 0. The molecule has 92 valence electrons. The molecule has 2 atom stereocenters. The van der Waals surface area contributed by atoms with Crippen molar-refractivity contribution in [2.75, 3.05) is 0 Å². The van der Waals surface area contributed by atoms with E-state index in [1.807, 2.05) is 13.0 Å². The number of aryl methyl sites for hydroxylation is 1. The van der Waals surface area contributed by atoms with E-state index in [1.54, 1.807) is 6.07 Å². The maximum absolute atomic E-state index is 10.0. The molecule has 0 saturated heterocycles. The summed E-state index contributed by atoms with van der Waals surface area (Å²) in [6.07, 6.45) is 0.241. The quantitative estimate of drug-likeness (QED) is 0.780. The second-order valence-electron chi connectivity index (χ2n) is 5.35. The van der Waals surface area contributed by atoms with Crippen LogP contribution in [-0.2, 0) is 0 Å². The summed E-state index contributed by atoms with van der Waals surface area (Å²) in [5, 5.41) is 19.8. The highest BCUT2D eigenvalue weighted by atomic mass is 16.3. The van der Waals surface area contributed by atoms with E-state index >= 15 is 0 Å². The molecule has 0 fully saturated rings. The smallest absolute Gasteiger partial charge is 0.119 e. The van der Waals surface area contributed by atoms with Crippen LogP contribution in [-0.4, -0.2) is 16.3 Å². The highest BCUT2D eigenvalue weighted by Crippen LogP contribution is 2.43. The minimum atomic E-state index is -0.489. The van der Waals surface area contributed by atoms with E-state index < -0.39 is 6.10 Å². The van der Waals surface area contributed by atoms with E-state index in [1.165, 1.54) is 5.56 Å². The number of benzene rings is 1. The van der Waals surface area contributed by atoms with Gasteiger partial charge in [-0.2, -0.15) is 0 Å². The second kappa shape index (κ2) is 4.19. The topological polar surface area (TPSA) is 40.5 Å². The van der Waals surface area contributed by atoms with Gasteiger partial charge < -0.3 is 10.2 Å². The van der Waals surface area contributed by atoms with Crippen molar-refractivity contribution >= 4 is 5.57 Å². The molecule has 1 aromatic rings. The number of aromatic hydroxyl groups is 1. The number of phenols is 1. The molecule has 0 spiro atoms. The van der Waals surface area contributed by atoms with Gasteiger partial charge in [0.15, 0.2) is 0 Å². The summed E-state index contributed by atoms with van der Waals surface area (Å²) < 4.78 is 0. The summed E-state index contributed by atoms with van der Waals surface area (Å²) in [7, 11) is 0. The van der Waals surface area contributed by atoms with Gasteiger partial charge in [0.25, 0.3) is 0 Å². The lowest BCUT2D eigenvalue weighted by molar-refractivity contribution is 0.194. The zero-order chi connectivity index (χ0) is 12.7. The zero-order valence-electron chi connectivity index (χ0n) is 10.7. The lowest BCUT2D eigenvalue weighted by atomic mass is 9.73. The van der Waals surface area contributed by atoms with Gasteiger partial charge in [0.1, 0.15) is 5.75 Å². The van der Waals surface area contributed by atoms with Crippen molar-refractivity contribution in [2.24, 2.45) is 5.92 Å². The summed E-state index contributed by atoms with van der Waals surface area (Å²) in [6.45, 7) is 10.2. The molecule has 2 rings (SSSR count). The minimum absolute atomic E-state index is 0.279. The summed E-state index contributed by atoms with van der Waals surface area (Å²) in [5.74, 6) is 1.09. The number of aliphatic hydroxyl groups is 1. The van der Waals surface area contributed by atoms with Gasteiger partial charge >= 0.3 is 0 Å². The molecular formula is C15H20O2. The predicted octanol–water partition coefficient (Wildman–Crippen LogP) is 3.22. The van der Waals surface area contributed by atoms with Gasteiger partial charge in [0.05, 0.1) is 6.10 Å². The Labute approximate surface area is 103 Å². The first kappa shape index (κ1) is 12.2. The molecule has 0 unspecified atom stereocenters. The largest absolute Gasteiger partial charge is 0.508 e. The molecular weight excluding hydrogens is 212 g/mol. The first-order chi connectivity index (χ1) is 7.91. The Hall–Kier alpha value is -1.28. The molecule has 0 saturated carbocycles. The average Bonchev–Trinajstić information content (AvgIpc) is 2.26. The Bertz CT molecular complexity index is 460. The first-order valence-electron chi connectivity index (χ1n) is 6.12. The fourth-order valence-corrected chi connectivity index (χ4v) is 2.62. The fraction of sp³-hybridized carbons (Fsp3) is 0.467. The van der Waals surface area contributed by atoms with Crippen LogP contribution < -0.4 is 0 Å². The standard InChI is InChI=1S/C15H20O2/c1-8(2)11-6-15(17)10(4)12-7-14(16)9(3)5-13(11)12/h5,7-8,11,15-17H,4,6H2,1-3H3/t11-,15+/m1/s1. The van der Waals surface area contributed by atoms with Crippen molar-refractivity contribution in [3.05, 3.63) is 35.4 Å². The van der Waals surface area contributed by atoms with Crippen molar-refractivity contribution in [3.8, 4) is 5.75 Å². The van der Waals surface area contributed by atoms with Gasteiger partial charge in [0.2, 0.25) is 0 Å². The van der Waals surface area contributed by atoms with Gasteiger partial charge in [-0.3, -0.25) is 0 Å². The second-order valence-corrected chi connectivity index (χ2v) is 5.35. The van der Waals surface area contributed by atoms with Crippen LogP contribution in [0.4, 0.5) is 0 Å². The van der Waals surface area contributed by atoms with Crippen LogP contribution in [0.15, 0.2) is 18.7 Å². The van der Waals surface area contributed by atoms with E-state index in [0.717, 1.165) is 23.1 Å². The highest BCUT2D eigenvalue weighted by molar-refractivity contribution is 5.73. The van der Waals surface area contributed by atoms with Gasteiger partial charge in [-0.05, 0) is 53.5 Å². The normalized spacial score (nSPS) is 23.9. The molecule has 2 N–H and O–H groups in total. The van der Waals surface area contributed by atoms with Crippen LogP contribution in [0, 0.1) is 12.8 Å². The lowest BCUT2D eigenvalue weighted by Gasteiger charge is -2.33. The molecule has 2 heteroatoms. The Morgan fingerprint density at radius 3 is 2.59 bits per heavy atom. The summed E-state index contributed by atoms with van der Waals surface area (Å²) in [4.78, 5) is 0. The Morgan fingerprint density at radius 1 is 1.35 bits per heavy atom. The molecule has 0 heterocycles. The monoisotopic (exact) mass is 232 g/mol. The van der Waals surface area contributed by atoms with Gasteiger partial charge in [-0.1, -0.05) is 26.5 Å². The van der Waals surface area contributed by atoms with Crippen molar-refractivity contribution in [2.45, 2.75) is 39.2 Å². The number of phenolic OH excluding ortho intramolecular Hbond substituents is 1. The third-order valence-corrected chi connectivity index (χ3v) is 3.80. The van der Waals surface area contributed by atoms with E-state index in [9.17, 15) is 10.2 Å². The SMILES string of the molecule is C=C1c2cc(O)c(C)cc2[C@@H](C(C)C)C[C@@H]1O. The van der Waals surface area contributed by atoms with Crippen LogP contribution in [0.5, 0.6) is 5.75 Å². The Balaban J connectivity index is 2.60. The third kappa shape index (κ3) is 1.98. The summed E-state index contributed by atoms with van der Waals surface area (Å²) in [6, 6.07) is 3.77. The van der Waals surface area contributed by atoms with E-state index in [-0.39, 0.29) is 5.75 Å². The number of rotatable bonds is 1. The molecule has 1 aliphatic carbocycles. The average molecular weight is 232 g/mol. The van der Waals surface area contributed by atoms with Crippen LogP contribution >= 0.6 is 0 Å². The molecule has 1 aliphatic rings. The number of hydrogen-bond donors (Lipinski definition) is 2. The van der Waals surface area contributed by atoms with Gasteiger partial charge in [0, 0.05) is 0 Å². The molecule has 0 amide bonds. The van der Waals surface area contributed by atoms with E-state index in [0.29, 0.717) is 11.8 Å². The maximum atomic E-state index is 10.0. The number of hydrogen-bond acceptors (Lipinski definition) is 2. The Morgan fingerprint density at radius 2 is 2.00 bits per heavy atom. The van der Waals surface area contributed by atoms with Crippen molar-refractivity contribution in [1.82, 2.24) is 0 Å². The number of fused-ring (bicyclic) bond motifs is 1. The molecule has 1 aromatic carbocycles. The van der Waals surface area contributed by atoms with Crippen molar-refractivity contribution in [1.29, 1.82) is 0 Å². The molecule has 17 heavy (non-hydrogen) atoms. The maximum Gasteiger partial charge on any atom is 0.119 e. The number of aliphatic hydroxyl groups excluding tert-OH is 1. The van der Waals surface area contributed by atoms with Gasteiger partial charge in [-0.15, -0.1) is 0 Å². The van der Waals surface area contributed by atoms with Crippen LogP contribution in [0.1, 0.15) is 42.9 Å². The highest BCUT2D eigenvalue weighted by Gasteiger charge is 2.30. The first-order valence-corrected chi connectivity index (χ1v) is 6.12. The summed E-state index contributed by atoms with van der Waals surface area (Å²) in [5.41, 5.74) is 3.75. The third-order valence-electron chi connectivity index (χ3n) is 3.80. The molecule has 2 nitrogen and oxygen atoms in total.